The van der Waals surface area contributed by atoms with Gasteiger partial charge in [0.2, 0.25) is 0 Å². The molecule has 62 valence electrons. The molecule has 0 fully saturated rings. The zero-order chi connectivity index (χ0) is 8.91. The second kappa shape index (κ2) is 4.06. The molecule has 0 aromatic rings. The summed E-state index contributed by atoms with van der Waals surface area (Å²) in [4.78, 5) is 3.96. The van der Waals surface area contributed by atoms with Gasteiger partial charge >= 0.3 is 0 Å². The van der Waals surface area contributed by atoms with Crippen LogP contribution in [-0.2, 0) is 0 Å². The summed E-state index contributed by atoms with van der Waals surface area (Å²) >= 11 is 0. The van der Waals surface area contributed by atoms with E-state index in [1.54, 1.807) is 0 Å². The van der Waals surface area contributed by atoms with Crippen LogP contribution in [-0.4, -0.2) is 12.1 Å². The molecule has 0 aliphatic rings. The summed E-state index contributed by atoms with van der Waals surface area (Å²) < 4.78 is 0. The molecule has 1 N–H and O–H groups in total. The lowest BCUT2D eigenvalue weighted by Crippen LogP contribution is -2.18. The van der Waals surface area contributed by atoms with E-state index >= 15 is 0 Å². The Kier molecular flexibility index (Phi) is 3.72. The van der Waals surface area contributed by atoms with Crippen LogP contribution in [0, 0.1) is 10.8 Å². The van der Waals surface area contributed by atoms with Crippen LogP contribution in [0.2, 0.25) is 0 Å². The molecule has 0 aromatic heterocycles. The van der Waals surface area contributed by atoms with Gasteiger partial charge in [0.1, 0.15) is 6.34 Å². The average Bonchev–Trinajstić information content (AvgIpc) is 1.85. The first kappa shape index (κ1) is 10.1. The van der Waals surface area contributed by atoms with Crippen molar-refractivity contribution in [3.8, 4) is 0 Å². The molecule has 0 aliphatic carbocycles. The van der Waals surface area contributed by atoms with E-state index in [2.05, 4.69) is 25.8 Å². The van der Waals surface area contributed by atoms with Crippen molar-refractivity contribution in [1.82, 2.24) is 0 Å². The smallest absolute Gasteiger partial charge is 0.107 e. The van der Waals surface area contributed by atoms with Crippen molar-refractivity contribution in [2.24, 2.45) is 10.4 Å². The van der Waals surface area contributed by atoms with Crippen molar-refractivity contribution in [2.75, 3.05) is 0 Å². The van der Waals surface area contributed by atoms with E-state index in [9.17, 15) is 0 Å². The van der Waals surface area contributed by atoms with Crippen LogP contribution >= 0.6 is 0 Å². The van der Waals surface area contributed by atoms with E-state index in [1.807, 2.05) is 19.1 Å². The molecule has 0 rings (SSSR count). The molecule has 11 heavy (non-hydrogen) atoms. The fourth-order valence-electron chi connectivity index (χ4n) is 0.714. The molecule has 0 heterocycles. The van der Waals surface area contributed by atoms with Gasteiger partial charge in [-0.2, -0.15) is 0 Å². The zero-order valence-electron chi connectivity index (χ0n) is 7.68. The summed E-state index contributed by atoms with van der Waals surface area (Å²) in [7, 11) is 0. The third-order valence-corrected chi connectivity index (χ3v) is 1.30. The van der Waals surface area contributed by atoms with Crippen LogP contribution in [0.3, 0.4) is 0 Å². The first-order chi connectivity index (χ1) is 5.02. The van der Waals surface area contributed by atoms with E-state index in [1.165, 1.54) is 0 Å². The predicted molar refractivity (Wildman–Crippen MR) is 50.5 cm³/mol. The molecule has 0 radical (unpaired) electrons. The maximum absolute atomic E-state index is 6.85. The van der Waals surface area contributed by atoms with Gasteiger partial charge in [-0.1, -0.05) is 26.8 Å². The highest BCUT2D eigenvalue weighted by Crippen LogP contribution is 2.16. The minimum atomic E-state index is 0.0318. The molecule has 0 unspecified atom stereocenters. The Hall–Kier alpha value is -0.920. The van der Waals surface area contributed by atoms with E-state index in [4.69, 9.17) is 5.41 Å². The van der Waals surface area contributed by atoms with Crippen molar-refractivity contribution in [1.29, 1.82) is 5.41 Å². The Bertz CT molecular complexity index is 182. The highest BCUT2D eigenvalue weighted by molar-refractivity contribution is 6.02. The topological polar surface area (TPSA) is 36.2 Å². The minimum absolute atomic E-state index is 0.0318. The van der Waals surface area contributed by atoms with Gasteiger partial charge in [0.25, 0.3) is 0 Å². The van der Waals surface area contributed by atoms with Gasteiger partial charge in [-0.05, 0) is 13.0 Å². The number of nitrogens with zero attached hydrogens (tertiary/aromatic N) is 1. The van der Waals surface area contributed by atoms with Crippen molar-refractivity contribution in [3.05, 3.63) is 12.2 Å². The summed E-state index contributed by atoms with van der Waals surface area (Å²) in [5, 5.41) is 6.85. The quantitative estimate of drug-likeness (QED) is 0.466. The van der Waals surface area contributed by atoms with Gasteiger partial charge in [0.15, 0.2) is 0 Å². The maximum atomic E-state index is 6.85. The molecule has 2 nitrogen and oxygen atoms in total. The Balaban J connectivity index is 4.61. The van der Waals surface area contributed by atoms with Crippen LogP contribution < -0.4 is 0 Å². The third kappa shape index (κ3) is 3.71. The van der Waals surface area contributed by atoms with E-state index in [0.29, 0.717) is 0 Å². The largest absolute Gasteiger partial charge is 0.290 e. The number of allylic oxidation sites excluding steroid dienone is 2. The number of hydrogen-bond donors (Lipinski definition) is 1. The van der Waals surface area contributed by atoms with Crippen molar-refractivity contribution < 1.29 is 0 Å². The molecule has 0 saturated heterocycles. The SMILES string of the molecule is C/C=C\C(=N/C=N)C(C)(C)C. The summed E-state index contributed by atoms with van der Waals surface area (Å²) in [6, 6.07) is 0. The summed E-state index contributed by atoms with van der Waals surface area (Å²) in [6.45, 7) is 8.19. The normalized spacial score (nSPS) is 14.0. The summed E-state index contributed by atoms with van der Waals surface area (Å²) in [6.07, 6.45) is 4.96. The molecule has 0 bridgehead atoms. The van der Waals surface area contributed by atoms with E-state index in [0.717, 1.165) is 12.1 Å². The van der Waals surface area contributed by atoms with Crippen molar-refractivity contribution in [2.45, 2.75) is 27.7 Å². The fraction of sp³-hybridized carbons (Fsp3) is 0.556. The van der Waals surface area contributed by atoms with Crippen molar-refractivity contribution >= 4 is 12.1 Å². The van der Waals surface area contributed by atoms with Crippen LogP contribution in [0.15, 0.2) is 17.1 Å². The van der Waals surface area contributed by atoms with Gasteiger partial charge in [-0.15, -0.1) is 0 Å². The molecular weight excluding hydrogens is 136 g/mol. The molecule has 0 aliphatic heterocycles. The Morgan fingerprint density at radius 3 is 2.18 bits per heavy atom. The van der Waals surface area contributed by atoms with Crippen LogP contribution in [0.5, 0.6) is 0 Å². The molecular formula is C9H16N2. The van der Waals surface area contributed by atoms with Crippen LogP contribution in [0.4, 0.5) is 0 Å². The van der Waals surface area contributed by atoms with Crippen molar-refractivity contribution in [3.63, 3.8) is 0 Å². The fourth-order valence-corrected chi connectivity index (χ4v) is 0.714. The second-order valence-electron chi connectivity index (χ2n) is 3.39. The second-order valence-corrected chi connectivity index (χ2v) is 3.39. The minimum Gasteiger partial charge on any atom is -0.290 e. The Morgan fingerprint density at radius 2 is 1.91 bits per heavy atom. The predicted octanol–water partition coefficient (Wildman–Crippen LogP) is 2.66. The first-order valence-electron chi connectivity index (χ1n) is 3.72. The number of aliphatic imine (C=N–C) groups is 1. The highest BCUT2D eigenvalue weighted by atomic mass is 14.8. The van der Waals surface area contributed by atoms with Gasteiger partial charge in [0.05, 0.1) is 0 Å². The number of rotatable bonds is 2. The maximum Gasteiger partial charge on any atom is 0.107 e. The summed E-state index contributed by atoms with van der Waals surface area (Å²) in [5.74, 6) is 0. The molecule has 0 amide bonds. The lowest BCUT2D eigenvalue weighted by Gasteiger charge is -2.17. The van der Waals surface area contributed by atoms with Gasteiger partial charge in [-0.3, -0.25) is 5.41 Å². The molecule has 2 heteroatoms. The van der Waals surface area contributed by atoms with Gasteiger partial charge < -0.3 is 0 Å². The zero-order valence-corrected chi connectivity index (χ0v) is 7.68. The van der Waals surface area contributed by atoms with Crippen LogP contribution in [0.25, 0.3) is 0 Å². The monoisotopic (exact) mass is 152 g/mol. The highest BCUT2D eigenvalue weighted by Gasteiger charge is 2.15. The van der Waals surface area contributed by atoms with E-state index < -0.39 is 0 Å². The average molecular weight is 152 g/mol. The molecule has 0 atom stereocenters. The Morgan fingerprint density at radius 1 is 1.36 bits per heavy atom. The number of hydrogen-bond acceptors (Lipinski definition) is 1. The lowest BCUT2D eigenvalue weighted by atomic mass is 9.90. The first-order valence-corrected chi connectivity index (χ1v) is 3.72. The van der Waals surface area contributed by atoms with Gasteiger partial charge in [-0.25, -0.2) is 4.99 Å². The number of nitrogens with one attached hydrogen (secondary N) is 1. The molecule has 0 aromatic carbocycles. The van der Waals surface area contributed by atoms with E-state index in [-0.39, 0.29) is 5.41 Å². The standard InChI is InChI=1S/C9H16N2/c1-5-6-8(11-7-10)9(2,3)4/h5-7,10H,1-4H3/b6-5-,10-7?,11-8+. The third-order valence-electron chi connectivity index (χ3n) is 1.30. The van der Waals surface area contributed by atoms with Crippen LogP contribution in [0.1, 0.15) is 27.7 Å². The molecule has 0 saturated carbocycles. The van der Waals surface area contributed by atoms with Gasteiger partial charge in [0, 0.05) is 11.1 Å². The molecule has 0 spiro atoms. The summed E-state index contributed by atoms with van der Waals surface area (Å²) in [5.41, 5.74) is 0.972. The lowest BCUT2D eigenvalue weighted by molar-refractivity contribution is 0.595. The Labute approximate surface area is 68.5 Å².